The fourth-order valence-electron chi connectivity index (χ4n) is 2.35. The zero-order valence-electron chi connectivity index (χ0n) is 11.8. The summed E-state index contributed by atoms with van der Waals surface area (Å²) in [6.07, 6.45) is 1.37. The molecule has 2 heterocycles. The first kappa shape index (κ1) is 14.8. The molecule has 1 aliphatic heterocycles. The Balaban J connectivity index is 1.95. The monoisotopic (exact) mass is 296 g/mol. The highest BCUT2D eigenvalue weighted by Gasteiger charge is 2.26. The maximum Gasteiger partial charge on any atom is 0.407 e. The van der Waals surface area contributed by atoms with E-state index in [1.54, 1.807) is 6.92 Å². The number of aryl methyl sites for hydroxylation is 1. The highest BCUT2D eigenvalue weighted by atomic mass is 32.1. The minimum Gasteiger partial charge on any atom is -0.450 e. The van der Waals surface area contributed by atoms with Crippen molar-refractivity contribution in [3.05, 3.63) is 21.9 Å². The van der Waals surface area contributed by atoms with Gasteiger partial charge in [0, 0.05) is 19.1 Å². The van der Waals surface area contributed by atoms with E-state index in [1.165, 1.54) is 11.3 Å². The second-order valence-electron chi connectivity index (χ2n) is 4.89. The van der Waals surface area contributed by atoms with Gasteiger partial charge in [0.1, 0.15) is 0 Å². The Bertz CT molecular complexity index is 487. The number of ether oxygens (including phenoxy) is 1. The van der Waals surface area contributed by atoms with E-state index < -0.39 is 6.09 Å². The number of piperidine rings is 1. The minimum atomic E-state index is -0.404. The van der Waals surface area contributed by atoms with Gasteiger partial charge in [0.25, 0.3) is 5.91 Å². The molecule has 2 rings (SSSR count). The molecule has 1 unspecified atom stereocenters. The first-order chi connectivity index (χ1) is 9.61. The van der Waals surface area contributed by atoms with Crippen molar-refractivity contribution < 1.29 is 14.3 Å². The van der Waals surface area contributed by atoms with Gasteiger partial charge in [0.05, 0.1) is 11.5 Å². The fourth-order valence-corrected chi connectivity index (χ4v) is 3.25. The Morgan fingerprint density at radius 3 is 3.00 bits per heavy atom. The normalized spacial score (nSPS) is 18.7. The molecule has 0 aromatic carbocycles. The highest BCUT2D eigenvalue weighted by molar-refractivity contribution is 7.12. The van der Waals surface area contributed by atoms with Crippen molar-refractivity contribution in [2.75, 3.05) is 19.7 Å². The van der Waals surface area contributed by atoms with E-state index in [0.29, 0.717) is 13.2 Å². The number of rotatable bonds is 3. The SMILES string of the molecule is CCOC(=O)NC1CCCN(C(=O)c2sccc2C)C1. The number of nitrogens with zero attached hydrogens (tertiary/aromatic N) is 1. The first-order valence-corrected chi connectivity index (χ1v) is 7.76. The number of nitrogens with one attached hydrogen (secondary N) is 1. The summed E-state index contributed by atoms with van der Waals surface area (Å²) >= 11 is 1.47. The van der Waals surface area contributed by atoms with Gasteiger partial charge in [-0.1, -0.05) is 0 Å². The lowest BCUT2D eigenvalue weighted by Gasteiger charge is -2.32. The quantitative estimate of drug-likeness (QED) is 0.932. The molecule has 0 radical (unpaired) electrons. The third-order valence-electron chi connectivity index (χ3n) is 3.36. The molecule has 1 fully saturated rings. The van der Waals surface area contributed by atoms with Crippen LogP contribution in [-0.2, 0) is 4.74 Å². The predicted molar refractivity (Wildman–Crippen MR) is 78.1 cm³/mol. The summed E-state index contributed by atoms with van der Waals surface area (Å²) in [7, 11) is 0. The predicted octanol–water partition coefficient (Wildman–Crippen LogP) is 2.41. The Kier molecular flexibility index (Phi) is 5.00. The molecule has 5 nitrogen and oxygen atoms in total. The molecule has 1 atom stereocenters. The third-order valence-corrected chi connectivity index (χ3v) is 4.37. The summed E-state index contributed by atoms with van der Waals surface area (Å²) in [5, 5.41) is 4.74. The van der Waals surface area contributed by atoms with E-state index in [2.05, 4.69) is 5.32 Å². The number of alkyl carbamates (subject to hydrolysis) is 1. The molecule has 1 aromatic rings. The molecule has 1 saturated heterocycles. The van der Waals surface area contributed by atoms with Crippen LogP contribution in [0, 0.1) is 6.92 Å². The molecular weight excluding hydrogens is 276 g/mol. The molecule has 2 amide bonds. The molecule has 0 aliphatic carbocycles. The van der Waals surface area contributed by atoms with Crippen molar-refractivity contribution in [1.82, 2.24) is 10.2 Å². The molecule has 0 bridgehead atoms. The summed E-state index contributed by atoms with van der Waals surface area (Å²) in [6, 6.07) is 1.93. The number of hydrogen-bond acceptors (Lipinski definition) is 4. The summed E-state index contributed by atoms with van der Waals surface area (Å²) in [5.41, 5.74) is 1.01. The van der Waals surface area contributed by atoms with Crippen molar-refractivity contribution in [2.24, 2.45) is 0 Å². The van der Waals surface area contributed by atoms with E-state index in [-0.39, 0.29) is 11.9 Å². The van der Waals surface area contributed by atoms with Gasteiger partial charge in [-0.2, -0.15) is 0 Å². The van der Waals surface area contributed by atoms with Crippen LogP contribution in [0.25, 0.3) is 0 Å². The molecule has 20 heavy (non-hydrogen) atoms. The molecular formula is C14H20N2O3S. The fraction of sp³-hybridized carbons (Fsp3) is 0.571. The highest BCUT2D eigenvalue weighted by Crippen LogP contribution is 2.20. The Morgan fingerprint density at radius 1 is 1.55 bits per heavy atom. The topological polar surface area (TPSA) is 58.6 Å². The molecule has 0 saturated carbocycles. The molecule has 110 valence electrons. The minimum absolute atomic E-state index is 0.0213. The lowest BCUT2D eigenvalue weighted by molar-refractivity contribution is 0.0690. The van der Waals surface area contributed by atoms with Crippen LogP contribution in [0.1, 0.15) is 35.0 Å². The van der Waals surface area contributed by atoms with Gasteiger partial charge >= 0.3 is 6.09 Å². The van der Waals surface area contributed by atoms with Crippen molar-refractivity contribution in [1.29, 1.82) is 0 Å². The number of carbonyl (C=O) groups is 2. The third kappa shape index (κ3) is 3.50. The van der Waals surface area contributed by atoms with Crippen LogP contribution in [-0.4, -0.2) is 42.6 Å². The lowest BCUT2D eigenvalue weighted by Crippen LogP contribution is -2.49. The summed E-state index contributed by atoms with van der Waals surface area (Å²) in [6.45, 7) is 5.37. The van der Waals surface area contributed by atoms with E-state index >= 15 is 0 Å². The van der Waals surface area contributed by atoms with Gasteiger partial charge in [0.15, 0.2) is 0 Å². The van der Waals surface area contributed by atoms with Crippen molar-refractivity contribution >= 4 is 23.3 Å². The maximum atomic E-state index is 12.4. The molecule has 6 heteroatoms. The molecule has 1 aromatic heterocycles. The Hall–Kier alpha value is -1.56. The average Bonchev–Trinajstić information content (AvgIpc) is 2.84. The number of amides is 2. The first-order valence-electron chi connectivity index (χ1n) is 6.88. The van der Waals surface area contributed by atoms with Crippen LogP contribution >= 0.6 is 11.3 Å². The van der Waals surface area contributed by atoms with Gasteiger partial charge in [0.2, 0.25) is 0 Å². The van der Waals surface area contributed by atoms with E-state index in [0.717, 1.165) is 29.8 Å². The largest absolute Gasteiger partial charge is 0.450 e. The smallest absolute Gasteiger partial charge is 0.407 e. The lowest BCUT2D eigenvalue weighted by atomic mass is 10.1. The summed E-state index contributed by atoms with van der Waals surface area (Å²) in [4.78, 5) is 26.5. The van der Waals surface area contributed by atoms with Crippen molar-refractivity contribution in [2.45, 2.75) is 32.7 Å². The summed E-state index contributed by atoms with van der Waals surface area (Å²) in [5.74, 6) is 0.0628. The van der Waals surface area contributed by atoms with Crippen LogP contribution in [0.5, 0.6) is 0 Å². The second kappa shape index (κ2) is 6.74. The van der Waals surface area contributed by atoms with Gasteiger partial charge < -0.3 is 15.0 Å². The van der Waals surface area contributed by atoms with E-state index in [4.69, 9.17) is 4.74 Å². The van der Waals surface area contributed by atoms with Gasteiger partial charge in [-0.25, -0.2) is 4.79 Å². The average molecular weight is 296 g/mol. The van der Waals surface area contributed by atoms with Gasteiger partial charge in [-0.3, -0.25) is 4.79 Å². The molecule has 1 aliphatic rings. The number of hydrogen-bond donors (Lipinski definition) is 1. The van der Waals surface area contributed by atoms with Crippen LogP contribution in [0.2, 0.25) is 0 Å². The van der Waals surface area contributed by atoms with Gasteiger partial charge in [-0.05, 0) is 43.7 Å². The zero-order valence-corrected chi connectivity index (χ0v) is 12.7. The van der Waals surface area contributed by atoms with Crippen LogP contribution in [0.3, 0.4) is 0 Å². The molecule has 1 N–H and O–H groups in total. The van der Waals surface area contributed by atoms with E-state index in [1.807, 2.05) is 23.3 Å². The zero-order chi connectivity index (χ0) is 14.5. The van der Waals surface area contributed by atoms with Crippen LogP contribution in [0.15, 0.2) is 11.4 Å². The Labute approximate surface area is 122 Å². The Morgan fingerprint density at radius 2 is 2.35 bits per heavy atom. The molecule has 0 spiro atoms. The number of carbonyl (C=O) groups excluding carboxylic acids is 2. The van der Waals surface area contributed by atoms with Crippen LogP contribution in [0.4, 0.5) is 4.79 Å². The van der Waals surface area contributed by atoms with Gasteiger partial charge in [-0.15, -0.1) is 11.3 Å². The van der Waals surface area contributed by atoms with Crippen LogP contribution < -0.4 is 5.32 Å². The van der Waals surface area contributed by atoms with E-state index in [9.17, 15) is 9.59 Å². The number of likely N-dealkylation sites (tertiary alicyclic amines) is 1. The van der Waals surface area contributed by atoms with Crippen molar-refractivity contribution in [3.63, 3.8) is 0 Å². The standard InChI is InChI=1S/C14H20N2O3S/c1-3-19-14(18)15-11-5-4-7-16(9-11)13(17)12-10(2)6-8-20-12/h6,8,11H,3-5,7,9H2,1-2H3,(H,15,18). The van der Waals surface area contributed by atoms with Crippen molar-refractivity contribution in [3.8, 4) is 0 Å². The maximum absolute atomic E-state index is 12.4. The summed E-state index contributed by atoms with van der Waals surface area (Å²) < 4.78 is 4.88. The number of thiophene rings is 1. The second-order valence-corrected chi connectivity index (χ2v) is 5.80.